The van der Waals surface area contributed by atoms with E-state index in [0.29, 0.717) is 0 Å². The molecular weight excluding hydrogens is 256 g/mol. The SMILES string of the molecule is CC1(CNC(=O)c2ccc3cc[nH]c3c2)CCCS1. The number of carbonyl (C=O) groups excluding carboxylic acids is 1. The number of aromatic amines is 1. The molecule has 0 radical (unpaired) electrons. The van der Waals surface area contributed by atoms with Gasteiger partial charge < -0.3 is 10.3 Å². The minimum Gasteiger partial charge on any atom is -0.361 e. The number of amides is 1. The largest absolute Gasteiger partial charge is 0.361 e. The summed E-state index contributed by atoms with van der Waals surface area (Å²) in [6, 6.07) is 7.78. The van der Waals surface area contributed by atoms with Crippen LogP contribution in [0.4, 0.5) is 0 Å². The molecule has 3 rings (SSSR count). The zero-order valence-corrected chi connectivity index (χ0v) is 11.8. The lowest BCUT2D eigenvalue weighted by Gasteiger charge is -2.22. The first-order chi connectivity index (χ1) is 9.16. The lowest BCUT2D eigenvalue weighted by molar-refractivity contribution is 0.0950. The Balaban J connectivity index is 1.69. The molecule has 2 heterocycles. The Hall–Kier alpha value is -1.42. The van der Waals surface area contributed by atoms with E-state index in [-0.39, 0.29) is 10.7 Å². The van der Waals surface area contributed by atoms with Crippen molar-refractivity contribution in [2.24, 2.45) is 0 Å². The summed E-state index contributed by atoms with van der Waals surface area (Å²) in [5.41, 5.74) is 1.73. The van der Waals surface area contributed by atoms with Crippen molar-refractivity contribution in [2.45, 2.75) is 24.5 Å². The number of carbonyl (C=O) groups is 1. The van der Waals surface area contributed by atoms with Crippen LogP contribution >= 0.6 is 11.8 Å². The number of aromatic nitrogens is 1. The first-order valence-electron chi connectivity index (χ1n) is 6.66. The normalized spacial score (nSPS) is 22.8. The van der Waals surface area contributed by atoms with E-state index in [4.69, 9.17) is 0 Å². The predicted octanol–water partition coefficient (Wildman–Crippen LogP) is 3.18. The topological polar surface area (TPSA) is 44.9 Å². The molecule has 1 atom stereocenters. The summed E-state index contributed by atoms with van der Waals surface area (Å²) in [5.74, 6) is 1.23. The molecule has 1 aliphatic rings. The Morgan fingerprint density at radius 3 is 3.16 bits per heavy atom. The maximum absolute atomic E-state index is 12.2. The molecule has 1 aromatic heterocycles. The van der Waals surface area contributed by atoms with Crippen LogP contribution in [0.15, 0.2) is 30.5 Å². The van der Waals surface area contributed by atoms with E-state index in [0.717, 1.165) is 23.0 Å². The fraction of sp³-hybridized carbons (Fsp3) is 0.400. The van der Waals surface area contributed by atoms with Gasteiger partial charge in [0, 0.05) is 28.6 Å². The van der Waals surface area contributed by atoms with Gasteiger partial charge >= 0.3 is 0 Å². The average Bonchev–Trinajstić information content (AvgIpc) is 3.04. The van der Waals surface area contributed by atoms with E-state index >= 15 is 0 Å². The highest BCUT2D eigenvalue weighted by molar-refractivity contribution is 8.00. The van der Waals surface area contributed by atoms with Crippen molar-refractivity contribution in [3.8, 4) is 0 Å². The van der Waals surface area contributed by atoms with Crippen LogP contribution in [0.3, 0.4) is 0 Å². The molecule has 2 aromatic rings. The Morgan fingerprint density at radius 1 is 1.47 bits per heavy atom. The summed E-state index contributed by atoms with van der Waals surface area (Å²) >= 11 is 1.96. The number of hydrogen-bond acceptors (Lipinski definition) is 2. The van der Waals surface area contributed by atoms with Gasteiger partial charge in [-0.15, -0.1) is 0 Å². The number of hydrogen-bond donors (Lipinski definition) is 2. The van der Waals surface area contributed by atoms with Gasteiger partial charge in [-0.1, -0.05) is 6.07 Å². The highest BCUT2D eigenvalue weighted by Gasteiger charge is 2.29. The number of fused-ring (bicyclic) bond motifs is 1. The van der Waals surface area contributed by atoms with Gasteiger partial charge in [-0.05, 0) is 49.1 Å². The maximum Gasteiger partial charge on any atom is 0.251 e. The van der Waals surface area contributed by atoms with Gasteiger partial charge in [0.1, 0.15) is 0 Å². The first kappa shape index (κ1) is 12.6. The zero-order chi connectivity index (χ0) is 13.3. The number of rotatable bonds is 3. The fourth-order valence-corrected chi connectivity index (χ4v) is 3.78. The van der Waals surface area contributed by atoms with Gasteiger partial charge in [-0.2, -0.15) is 11.8 Å². The molecule has 1 amide bonds. The summed E-state index contributed by atoms with van der Waals surface area (Å²) in [6.45, 7) is 2.98. The van der Waals surface area contributed by atoms with E-state index in [1.807, 2.05) is 42.2 Å². The van der Waals surface area contributed by atoms with E-state index in [9.17, 15) is 4.79 Å². The molecule has 19 heavy (non-hydrogen) atoms. The van der Waals surface area contributed by atoms with Crippen LogP contribution in [-0.2, 0) is 0 Å². The quantitative estimate of drug-likeness (QED) is 0.903. The van der Waals surface area contributed by atoms with Crippen LogP contribution in [0.5, 0.6) is 0 Å². The molecule has 0 bridgehead atoms. The molecule has 3 nitrogen and oxygen atoms in total. The van der Waals surface area contributed by atoms with Gasteiger partial charge in [-0.25, -0.2) is 0 Å². The maximum atomic E-state index is 12.2. The van der Waals surface area contributed by atoms with E-state index in [1.54, 1.807) is 0 Å². The van der Waals surface area contributed by atoms with E-state index in [2.05, 4.69) is 17.2 Å². The van der Waals surface area contributed by atoms with Crippen LogP contribution in [0, 0.1) is 0 Å². The first-order valence-corrected chi connectivity index (χ1v) is 7.64. The summed E-state index contributed by atoms with van der Waals surface area (Å²) in [6.07, 6.45) is 4.33. The summed E-state index contributed by atoms with van der Waals surface area (Å²) < 4.78 is 0.214. The highest BCUT2D eigenvalue weighted by atomic mass is 32.2. The Labute approximate surface area is 117 Å². The third-order valence-corrected chi connectivity index (χ3v) is 5.28. The minimum absolute atomic E-state index is 0.0187. The monoisotopic (exact) mass is 274 g/mol. The summed E-state index contributed by atoms with van der Waals surface area (Å²) in [5, 5.41) is 4.20. The van der Waals surface area contributed by atoms with Gasteiger partial charge in [0.25, 0.3) is 5.91 Å². The van der Waals surface area contributed by atoms with Gasteiger partial charge in [0.15, 0.2) is 0 Å². The lowest BCUT2D eigenvalue weighted by atomic mass is 10.1. The molecule has 1 unspecified atom stereocenters. The molecule has 1 fully saturated rings. The third-order valence-electron chi connectivity index (χ3n) is 3.74. The van der Waals surface area contributed by atoms with Crippen LogP contribution in [0.1, 0.15) is 30.1 Å². The minimum atomic E-state index is 0.0187. The van der Waals surface area contributed by atoms with Crippen molar-refractivity contribution in [1.82, 2.24) is 10.3 Å². The smallest absolute Gasteiger partial charge is 0.251 e. The fourth-order valence-electron chi connectivity index (χ4n) is 2.53. The molecule has 100 valence electrons. The molecule has 4 heteroatoms. The van der Waals surface area contributed by atoms with Crippen molar-refractivity contribution in [3.63, 3.8) is 0 Å². The van der Waals surface area contributed by atoms with E-state index < -0.39 is 0 Å². The molecule has 1 aromatic carbocycles. The number of H-pyrrole nitrogens is 1. The Morgan fingerprint density at radius 2 is 2.37 bits per heavy atom. The van der Waals surface area contributed by atoms with Gasteiger partial charge in [0.2, 0.25) is 0 Å². The average molecular weight is 274 g/mol. The van der Waals surface area contributed by atoms with Crippen LogP contribution < -0.4 is 5.32 Å². The van der Waals surface area contributed by atoms with Crippen LogP contribution in [-0.4, -0.2) is 27.9 Å². The predicted molar refractivity (Wildman–Crippen MR) is 80.7 cm³/mol. The van der Waals surface area contributed by atoms with E-state index in [1.165, 1.54) is 18.6 Å². The molecule has 0 spiro atoms. The second kappa shape index (κ2) is 4.93. The number of thioether (sulfide) groups is 1. The van der Waals surface area contributed by atoms with Crippen molar-refractivity contribution < 1.29 is 4.79 Å². The van der Waals surface area contributed by atoms with Crippen molar-refractivity contribution in [3.05, 3.63) is 36.0 Å². The second-order valence-electron chi connectivity index (χ2n) is 5.36. The number of benzene rings is 1. The Bertz CT molecular complexity index is 599. The van der Waals surface area contributed by atoms with Crippen molar-refractivity contribution >= 4 is 28.6 Å². The summed E-state index contributed by atoms with van der Waals surface area (Å²) in [7, 11) is 0. The summed E-state index contributed by atoms with van der Waals surface area (Å²) in [4.78, 5) is 15.3. The third kappa shape index (κ3) is 2.63. The standard InChI is InChI=1S/C15H18N2OS/c1-15(6-2-8-19-15)10-17-14(18)12-4-3-11-5-7-16-13(11)9-12/h3-5,7,9,16H,2,6,8,10H2,1H3,(H,17,18). The van der Waals surface area contributed by atoms with Crippen molar-refractivity contribution in [2.75, 3.05) is 12.3 Å². The molecule has 0 saturated carbocycles. The molecule has 1 saturated heterocycles. The van der Waals surface area contributed by atoms with Crippen LogP contribution in [0.25, 0.3) is 10.9 Å². The van der Waals surface area contributed by atoms with Crippen LogP contribution in [0.2, 0.25) is 0 Å². The molecule has 2 N–H and O–H groups in total. The molecule has 1 aliphatic heterocycles. The second-order valence-corrected chi connectivity index (χ2v) is 7.05. The van der Waals surface area contributed by atoms with Gasteiger partial charge in [-0.3, -0.25) is 4.79 Å². The zero-order valence-electron chi connectivity index (χ0n) is 11.0. The molecular formula is C15H18N2OS. The van der Waals surface area contributed by atoms with Crippen molar-refractivity contribution in [1.29, 1.82) is 0 Å². The number of nitrogens with one attached hydrogen (secondary N) is 2. The Kier molecular flexibility index (Phi) is 3.27. The van der Waals surface area contributed by atoms with Gasteiger partial charge in [0.05, 0.1) is 0 Å². The lowest BCUT2D eigenvalue weighted by Crippen LogP contribution is -2.36. The molecule has 0 aliphatic carbocycles. The highest BCUT2D eigenvalue weighted by Crippen LogP contribution is 2.36.